The average Bonchev–Trinajstić information content (AvgIpc) is 3.39. The SMILES string of the molecule is CCC1(c2ccccc2)NC(=O)N(NC(=O)c2ccc(Cn3nnc4ccccc43)cc2)C1=O. The predicted molar refractivity (Wildman–Crippen MR) is 124 cm³/mol. The molecule has 0 aliphatic carbocycles. The average molecular weight is 454 g/mol. The number of benzene rings is 3. The van der Waals surface area contributed by atoms with Crippen LogP contribution >= 0.6 is 0 Å². The zero-order valence-electron chi connectivity index (χ0n) is 18.4. The van der Waals surface area contributed by atoms with Gasteiger partial charge in [0.15, 0.2) is 0 Å². The Bertz CT molecular complexity index is 1380. The van der Waals surface area contributed by atoms with E-state index in [1.54, 1.807) is 53.2 Å². The number of carbonyl (C=O) groups is 3. The van der Waals surface area contributed by atoms with E-state index in [1.807, 2.05) is 37.3 Å². The van der Waals surface area contributed by atoms with Gasteiger partial charge < -0.3 is 5.32 Å². The number of rotatable bonds is 6. The summed E-state index contributed by atoms with van der Waals surface area (Å²) in [5.41, 5.74) is 4.88. The van der Waals surface area contributed by atoms with Gasteiger partial charge in [-0.05, 0) is 41.8 Å². The molecule has 2 heterocycles. The van der Waals surface area contributed by atoms with Crippen molar-refractivity contribution >= 4 is 28.9 Å². The number of hydrogen-bond acceptors (Lipinski definition) is 5. The molecule has 5 rings (SSSR count). The maximum Gasteiger partial charge on any atom is 0.344 e. The molecule has 0 bridgehead atoms. The summed E-state index contributed by atoms with van der Waals surface area (Å²) in [4.78, 5) is 38.6. The normalized spacial score (nSPS) is 17.7. The lowest BCUT2D eigenvalue weighted by Gasteiger charge is -2.25. The van der Waals surface area contributed by atoms with Crippen molar-refractivity contribution in [1.29, 1.82) is 0 Å². The molecule has 1 unspecified atom stereocenters. The molecule has 9 nitrogen and oxygen atoms in total. The fraction of sp³-hybridized carbons (Fsp3) is 0.160. The van der Waals surface area contributed by atoms with Crippen LogP contribution in [-0.4, -0.2) is 37.8 Å². The molecule has 1 saturated heterocycles. The van der Waals surface area contributed by atoms with Gasteiger partial charge in [-0.15, -0.1) is 5.10 Å². The number of amides is 4. The third kappa shape index (κ3) is 3.57. The number of hydrazine groups is 1. The second kappa shape index (κ2) is 8.43. The van der Waals surface area contributed by atoms with Gasteiger partial charge in [-0.2, -0.15) is 5.01 Å². The molecule has 1 fully saturated rings. The van der Waals surface area contributed by atoms with Gasteiger partial charge in [0.1, 0.15) is 11.1 Å². The monoisotopic (exact) mass is 454 g/mol. The molecular formula is C25H22N6O3. The van der Waals surface area contributed by atoms with Crippen LogP contribution in [0.3, 0.4) is 0 Å². The topological polar surface area (TPSA) is 109 Å². The third-order valence-corrected chi connectivity index (χ3v) is 6.07. The number of aromatic nitrogens is 3. The van der Waals surface area contributed by atoms with Gasteiger partial charge in [0, 0.05) is 5.56 Å². The molecule has 9 heteroatoms. The van der Waals surface area contributed by atoms with Crippen molar-refractivity contribution in [1.82, 2.24) is 30.7 Å². The van der Waals surface area contributed by atoms with E-state index in [1.165, 1.54) is 0 Å². The highest BCUT2D eigenvalue weighted by molar-refractivity contribution is 6.09. The van der Waals surface area contributed by atoms with E-state index in [-0.39, 0.29) is 0 Å². The molecule has 3 aromatic carbocycles. The van der Waals surface area contributed by atoms with E-state index in [9.17, 15) is 14.4 Å². The van der Waals surface area contributed by atoms with E-state index in [2.05, 4.69) is 21.1 Å². The van der Waals surface area contributed by atoms with Crippen molar-refractivity contribution < 1.29 is 14.4 Å². The van der Waals surface area contributed by atoms with Crippen molar-refractivity contribution in [2.24, 2.45) is 0 Å². The quantitative estimate of drug-likeness (QED) is 0.436. The minimum absolute atomic E-state index is 0.321. The third-order valence-electron chi connectivity index (χ3n) is 6.07. The molecule has 2 N–H and O–H groups in total. The van der Waals surface area contributed by atoms with E-state index < -0.39 is 23.4 Å². The summed E-state index contributed by atoms with van der Waals surface area (Å²) in [6.07, 6.45) is 0.347. The number of nitrogens with zero attached hydrogens (tertiary/aromatic N) is 4. The molecule has 0 spiro atoms. The van der Waals surface area contributed by atoms with Crippen LogP contribution in [-0.2, 0) is 16.9 Å². The summed E-state index contributed by atoms with van der Waals surface area (Å²) in [5.74, 6) is -1.07. The Morgan fingerprint density at radius 1 is 0.971 bits per heavy atom. The van der Waals surface area contributed by atoms with Gasteiger partial charge in [-0.3, -0.25) is 15.0 Å². The second-order valence-corrected chi connectivity index (χ2v) is 8.07. The molecule has 0 saturated carbocycles. The highest BCUT2D eigenvalue weighted by atomic mass is 16.2. The first-order valence-corrected chi connectivity index (χ1v) is 10.9. The van der Waals surface area contributed by atoms with Crippen LogP contribution in [0.2, 0.25) is 0 Å². The van der Waals surface area contributed by atoms with Crippen molar-refractivity contribution in [3.63, 3.8) is 0 Å². The van der Waals surface area contributed by atoms with Crippen molar-refractivity contribution in [2.75, 3.05) is 0 Å². The summed E-state index contributed by atoms with van der Waals surface area (Å²) in [6.45, 7) is 2.30. The lowest BCUT2D eigenvalue weighted by atomic mass is 9.87. The van der Waals surface area contributed by atoms with Gasteiger partial charge in [0.05, 0.1) is 12.1 Å². The number of fused-ring (bicyclic) bond motifs is 1. The molecule has 4 amide bonds. The van der Waals surface area contributed by atoms with E-state index in [0.29, 0.717) is 24.1 Å². The first kappa shape index (κ1) is 21.3. The van der Waals surface area contributed by atoms with Crippen LogP contribution in [0.1, 0.15) is 34.8 Å². The van der Waals surface area contributed by atoms with E-state index in [4.69, 9.17) is 0 Å². The van der Waals surface area contributed by atoms with Crippen LogP contribution in [0.5, 0.6) is 0 Å². The Morgan fingerprint density at radius 2 is 1.68 bits per heavy atom. The minimum atomic E-state index is -1.21. The highest BCUT2D eigenvalue weighted by Gasteiger charge is 2.52. The number of imide groups is 1. The van der Waals surface area contributed by atoms with E-state index in [0.717, 1.165) is 21.6 Å². The van der Waals surface area contributed by atoms with Gasteiger partial charge >= 0.3 is 6.03 Å². The summed E-state index contributed by atoms with van der Waals surface area (Å²) in [7, 11) is 0. The molecule has 1 atom stereocenters. The Labute approximate surface area is 195 Å². The lowest BCUT2D eigenvalue weighted by molar-refractivity contribution is -0.133. The molecule has 1 aliphatic rings. The van der Waals surface area contributed by atoms with Crippen LogP contribution in [0.4, 0.5) is 4.79 Å². The predicted octanol–water partition coefficient (Wildman–Crippen LogP) is 2.98. The van der Waals surface area contributed by atoms with Crippen molar-refractivity contribution in [2.45, 2.75) is 25.4 Å². The van der Waals surface area contributed by atoms with Crippen LogP contribution < -0.4 is 10.7 Å². The Hall–Kier alpha value is -4.53. The zero-order chi connectivity index (χ0) is 23.7. The Morgan fingerprint density at radius 3 is 2.41 bits per heavy atom. The summed E-state index contributed by atoms with van der Waals surface area (Å²) in [5, 5.41) is 11.8. The fourth-order valence-corrected chi connectivity index (χ4v) is 4.17. The number of nitrogens with one attached hydrogen (secondary N) is 2. The molecule has 34 heavy (non-hydrogen) atoms. The van der Waals surface area contributed by atoms with Gasteiger partial charge in [-0.25, -0.2) is 9.48 Å². The van der Waals surface area contributed by atoms with Crippen LogP contribution in [0.15, 0.2) is 78.9 Å². The number of hydrogen-bond donors (Lipinski definition) is 2. The fourth-order valence-electron chi connectivity index (χ4n) is 4.17. The lowest BCUT2D eigenvalue weighted by Crippen LogP contribution is -2.48. The summed E-state index contributed by atoms with van der Waals surface area (Å²) < 4.78 is 1.78. The Kier molecular flexibility index (Phi) is 5.29. The maximum absolute atomic E-state index is 13.2. The van der Waals surface area contributed by atoms with Crippen molar-refractivity contribution in [3.8, 4) is 0 Å². The molecule has 1 aromatic heterocycles. The standard InChI is InChI=1S/C25H22N6O3/c1-2-25(19-8-4-3-5-9-19)23(33)31(24(34)26-25)28-22(32)18-14-12-17(13-15-18)16-30-21-11-7-6-10-20(21)27-29-30/h3-15H,2,16H2,1H3,(H,26,34)(H,28,32). The number of para-hydroxylation sites is 1. The van der Waals surface area contributed by atoms with Gasteiger partial charge in [0.2, 0.25) is 0 Å². The number of urea groups is 1. The van der Waals surface area contributed by atoms with Crippen LogP contribution in [0.25, 0.3) is 11.0 Å². The summed E-state index contributed by atoms with van der Waals surface area (Å²) in [6, 6.07) is 22.9. The van der Waals surface area contributed by atoms with Gasteiger partial charge in [-0.1, -0.05) is 66.7 Å². The maximum atomic E-state index is 13.2. The smallest absolute Gasteiger partial charge is 0.318 e. The minimum Gasteiger partial charge on any atom is -0.318 e. The Balaban J connectivity index is 1.30. The first-order valence-electron chi connectivity index (χ1n) is 10.9. The zero-order valence-corrected chi connectivity index (χ0v) is 18.4. The van der Waals surface area contributed by atoms with Crippen molar-refractivity contribution in [3.05, 3.63) is 95.6 Å². The highest BCUT2D eigenvalue weighted by Crippen LogP contribution is 2.31. The first-order chi connectivity index (χ1) is 16.5. The summed E-state index contributed by atoms with van der Waals surface area (Å²) >= 11 is 0. The molecule has 0 radical (unpaired) electrons. The second-order valence-electron chi connectivity index (χ2n) is 8.07. The largest absolute Gasteiger partial charge is 0.344 e. The van der Waals surface area contributed by atoms with E-state index >= 15 is 0 Å². The molecule has 170 valence electrons. The van der Waals surface area contributed by atoms with Crippen LogP contribution in [0, 0.1) is 0 Å². The number of carbonyl (C=O) groups excluding carboxylic acids is 3. The molecule has 4 aromatic rings. The molecule has 1 aliphatic heterocycles. The molecular weight excluding hydrogens is 432 g/mol. The van der Waals surface area contributed by atoms with Gasteiger partial charge in [0.25, 0.3) is 11.8 Å².